The van der Waals surface area contributed by atoms with Gasteiger partial charge in [0.15, 0.2) is 0 Å². The molecule has 132 valence electrons. The van der Waals surface area contributed by atoms with Crippen LogP contribution in [0.25, 0.3) is 10.9 Å². The van der Waals surface area contributed by atoms with Gasteiger partial charge in [0.05, 0.1) is 0 Å². The molecular formula is C23H30N2. The Hall–Kier alpha value is -2.06. The first kappa shape index (κ1) is 17.8. The van der Waals surface area contributed by atoms with Crippen molar-refractivity contribution in [2.24, 2.45) is 5.73 Å². The zero-order chi connectivity index (χ0) is 18.2. The topological polar surface area (TPSA) is 41.8 Å². The van der Waals surface area contributed by atoms with E-state index in [9.17, 15) is 0 Å². The van der Waals surface area contributed by atoms with Crippen LogP contribution in [0.3, 0.4) is 0 Å². The van der Waals surface area contributed by atoms with Gasteiger partial charge in [-0.05, 0) is 60.5 Å². The van der Waals surface area contributed by atoms with Crippen LogP contribution in [0.5, 0.6) is 0 Å². The van der Waals surface area contributed by atoms with Crippen molar-refractivity contribution in [3.05, 3.63) is 70.4 Å². The maximum Gasteiger partial charge on any atom is 0.0458 e. The fourth-order valence-electron chi connectivity index (χ4n) is 3.71. The fourth-order valence-corrected chi connectivity index (χ4v) is 3.71. The number of hydrogen-bond acceptors (Lipinski definition) is 1. The van der Waals surface area contributed by atoms with Gasteiger partial charge in [-0.15, -0.1) is 0 Å². The van der Waals surface area contributed by atoms with Crippen molar-refractivity contribution in [2.75, 3.05) is 6.54 Å². The molecule has 2 nitrogen and oxygen atoms in total. The molecule has 0 saturated heterocycles. The molecule has 3 N–H and O–H groups in total. The molecule has 0 amide bonds. The zero-order valence-corrected chi connectivity index (χ0v) is 16.1. The Morgan fingerprint density at radius 3 is 2.44 bits per heavy atom. The number of aryl methyl sites for hydroxylation is 2. The van der Waals surface area contributed by atoms with Crippen LogP contribution in [0.2, 0.25) is 0 Å². The van der Waals surface area contributed by atoms with Crippen molar-refractivity contribution in [2.45, 2.75) is 52.4 Å². The van der Waals surface area contributed by atoms with E-state index in [1.807, 2.05) is 0 Å². The third-order valence-electron chi connectivity index (χ3n) is 5.35. The second kappa shape index (κ2) is 6.68. The minimum Gasteiger partial charge on any atom is -0.358 e. The van der Waals surface area contributed by atoms with Gasteiger partial charge in [-0.3, -0.25) is 0 Å². The smallest absolute Gasteiger partial charge is 0.0458 e. The molecule has 2 heteroatoms. The van der Waals surface area contributed by atoms with E-state index in [1.165, 1.54) is 38.9 Å². The predicted molar refractivity (Wildman–Crippen MR) is 108 cm³/mol. The van der Waals surface area contributed by atoms with Gasteiger partial charge in [0.25, 0.3) is 0 Å². The second-order valence-corrected chi connectivity index (χ2v) is 8.23. The highest BCUT2D eigenvalue weighted by Gasteiger charge is 2.20. The van der Waals surface area contributed by atoms with Gasteiger partial charge in [0, 0.05) is 22.5 Å². The average Bonchev–Trinajstić information content (AvgIpc) is 2.87. The highest BCUT2D eigenvalue weighted by molar-refractivity contribution is 5.84. The van der Waals surface area contributed by atoms with Crippen molar-refractivity contribution in [3.8, 4) is 0 Å². The lowest BCUT2D eigenvalue weighted by molar-refractivity contribution is 0.586. The molecule has 0 aliphatic heterocycles. The summed E-state index contributed by atoms with van der Waals surface area (Å²) in [5.74, 6) is 0.334. The predicted octanol–water partition coefficient (Wildman–Crippen LogP) is 5.37. The number of H-pyrrole nitrogens is 1. The van der Waals surface area contributed by atoms with Crippen LogP contribution >= 0.6 is 0 Å². The lowest BCUT2D eigenvalue weighted by Crippen LogP contribution is -2.18. The Morgan fingerprint density at radius 2 is 1.76 bits per heavy atom. The third kappa shape index (κ3) is 3.50. The van der Waals surface area contributed by atoms with Crippen LogP contribution in [0.15, 0.2) is 42.5 Å². The number of benzene rings is 2. The summed E-state index contributed by atoms with van der Waals surface area (Å²) in [7, 11) is 0. The molecule has 0 spiro atoms. The standard InChI is InChI=1S/C23H30N2/c1-15-10-11-18(23(3,4)5)13-20(15)17(14-24)12-21-16(2)25-22-9-7-6-8-19(21)22/h6-11,13,17,25H,12,14,24H2,1-5H3. The van der Waals surface area contributed by atoms with Gasteiger partial charge in [0.2, 0.25) is 0 Å². The lowest BCUT2D eigenvalue weighted by Gasteiger charge is -2.24. The molecule has 0 fully saturated rings. The van der Waals surface area contributed by atoms with Crippen molar-refractivity contribution in [1.82, 2.24) is 4.98 Å². The molecule has 3 rings (SSSR count). The minimum atomic E-state index is 0.151. The van der Waals surface area contributed by atoms with Crippen molar-refractivity contribution >= 4 is 10.9 Å². The molecule has 1 unspecified atom stereocenters. The van der Waals surface area contributed by atoms with Gasteiger partial charge < -0.3 is 10.7 Å². The SMILES string of the molecule is Cc1ccc(C(C)(C)C)cc1C(CN)Cc1c(C)[nH]c2ccccc12. The van der Waals surface area contributed by atoms with Crippen molar-refractivity contribution in [3.63, 3.8) is 0 Å². The van der Waals surface area contributed by atoms with E-state index in [2.05, 4.69) is 82.1 Å². The number of para-hydroxylation sites is 1. The van der Waals surface area contributed by atoms with E-state index < -0.39 is 0 Å². The first-order chi connectivity index (χ1) is 11.8. The maximum absolute atomic E-state index is 6.23. The highest BCUT2D eigenvalue weighted by Crippen LogP contribution is 2.32. The Labute approximate surface area is 151 Å². The molecule has 0 aliphatic carbocycles. The lowest BCUT2D eigenvalue weighted by atomic mass is 9.81. The van der Waals surface area contributed by atoms with Gasteiger partial charge in [0.1, 0.15) is 0 Å². The number of nitrogens with two attached hydrogens (primary N) is 1. The van der Waals surface area contributed by atoms with Crippen LogP contribution in [0.1, 0.15) is 54.6 Å². The molecule has 1 atom stereocenters. The number of aromatic amines is 1. The quantitative estimate of drug-likeness (QED) is 0.662. The minimum absolute atomic E-state index is 0.151. The average molecular weight is 335 g/mol. The monoisotopic (exact) mass is 334 g/mol. The van der Waals surface area contributed by atoms with Crippen LogP contribution in [-0.2, 0) is 11.8 Å². The van der Waals surface area contributed by atoms with Gasteiger partial charge in [-0.25, -0.2) is 0 Å². The number of fused-ring (bicyclic) bond motifs is 1. The summed E-state index contributed by atoms with van der Waals surface area (Å²) in [6.07, 6.45) is 0.973. The number of rotatable bonds is 4. The van der Waals surface area contributed by atoms with Crippen LogP contribution in [0, 0.1) is 13.8 Å². The van der Waals surface area contributed by atoms with E-state index >= 15 is 0 Å². The Balaban J connectivity index is 2.02. The largest absolute Gasteiger partial charge is 0.358 e. The van der Waals surface area contributed by atoms with Crippen molar-refractivity contribution < 1.29 is 0 Å². The van der Waals surface area contributed by atoms with E-state index in [-0.39, 0.29) is 5.41 Å². The van der Waals surface area contributed by atoms with E-state index in [1.54, 1.807) is 0 Å². The van der Waals surface area contributed by atoms with Crippen LogP contribution in [0.4, 0.5) is 0 Å². The summed E-state index contributed by atoms with van der Waals surface area (Å²) in [5.41, 5.74) is 14.3. The normalized spacial score (nSPS) is 13.4. The fraction of sp³-hybridized carbons (Fsp3) is 0.391. The van der Waals surface area contributed by atoms with Crippen LogP contribution < -0.4 is 5.73 Å². The molecule has 2 aromatic carbocycles. The number of nitrogens with one attached hydrogen (secondary N) is 1. The molecule has 0 radical (unpaired) electrons. The molecule has 0 bridgehead atoms. The van der Waals surface area contributed by atoms with Gasteiger partial charge in [-0.1, -0.05) is 57.2 Å². The first-order valence-corrected chi connectivity index (χ1v) is 9.18. The molecule has 0 aliphatic rings. The highest BCUT2D eigenvalue weighted by atomic mass is 14.7. The molecule has 0 saturated carbocycles. The van der Waals surface area contributed by atoms with Crippen molar-refractivity contribution in [1.29, 1.82) is 0 Å². The Morgan fingerprint density at radius 1 is 1.04 bits per heavy atom. The van der Waals surface area contributed by atoms with Crippen LogP contribution in [-0.4, -0.2) is 11.5 Å². The summed E-state index contributed by atoms with van der Waals surface area (Å²) in [6.45, 7) is 11.8. The van der Waals surface area contributed by atoms with E-state index in [0.29, 0.717) is 12.5 Å². The number of aromatic nitrogens is 1. The summed E-state index contributed by atoms with van der Waals surface area (Å²) in [6, 6.07) is 15.4. The molecule has 3 aromatic rings. The zero-order valence-electron chi connectivity index (χ0n) is 16.1. The summed E-state index contributed by atoms with van der Waals surface area (Å²) >= 11 is 0. The number of hydrogen-bond donors (Lipinski definition) is 2. The van der Waals surface area contributed by atoms with E-state index in [4.69, 9.17) is 5.73 Å². The van der Waals surface area contributed by atoms with E-state index in [0.717, 1.165) is 6.42 Å². The maximum atomic E-state index is 6.23. The Bertz CT molecular complexity index is 881. The van der Waals surface area contributed by atoms with Gasteiger partial charge in [-0.2, -0.15) is 0 Å². The molecular weight excluding hydrogens is 304 g/mol. The molecule has 1 heterocycles. The Kier molecular flexibility index (Phi) is 4.75. The summed E-state index contributed by atoms with van der Waals surface area (Å²) in [5, 5.41) is 1.32. The van der Waals surface area contributed by atoms with Gasteiger partial charge >= 0.3 is 0 Å². The summed E-state index contributed by atoms with van der Waals surface area (Å²) in [4.78, 5) is 3.52. The molecule has 25 heavy (non-hydrogen) atoms. The third-order valence-corrected chi connectivity index (χ3v) is 5.35. The molecule has 1 aromatic heterocycles. The first-order valence-electron chi connectivity index (χ1n) is 9.18. The summed E-state index contributed by atoms with van der Waals surface area (Å²) < 4.78 is 0. The second-order valence-electron chi connectivity index (χ2n) is 8.23.